The first-order valence-corrected chi connectivity index (χ1v) is 9.43. The van der Waals surface area contributed by atoms with Crippen molar-refractivity contribution in [2.24, 2.45) is 0 Å². The Hall–Kier alpha value is -0.850. The summed E-state index contributed by atoms with van der Waals surface area (Å²) >= 11 is 8.92. The summed E-state index contributed by atoms with van der Waals surface area (Å²) in [5, 5.41) is 0. The zero-order valence-electron chi connectivity index (χ0n) is 11.8. The van der Waals surface area contributed by atoms with Crippen molar-refractivity contribution in [2.45, 2.75) is 18.4 Å². The van der Waals surface area contributed by atoms with E-state index < -0.39 is 0 Å². The minimum atomic E-state index is -0.194. The summed E-state index contributed by atoms with van der Waals surface area (Å²) in [4.78, 5) is 4.49. The first-order chi connectivity index (χ1) is 10.6. The molecule has 22 heavy (non-hydrogen) atoms. The Balaban J connectivity index is 1.78. The van der Waals surface area contributed by atoms with Gasteiger partial charge in [0, 0.05) is 21.7 Å². The average Bonchev–Trinajstić information content (AvgIpc) is 2.92. The number of pyridine rings is 1. The fraction of sp³-hybridized carbons (Fsp3) is 0.188. The van der Waals surface area contributed by atoms with Crippen LogP contribution in [0.1, 0.15) is 17.0 Å². The van der Waals surface area contributed by atoms with Crippen LogP contribution in [-0.2, 0) is 11.5 Å². The van der Waals surface area contributed by atoms with Gasteiger partial charge in [0.15, 0.2) is 5.65 Å². The van der Waals surface area contributed by atoms with Gasteiger partial charge in [-0.05, 0) is 62.5 Å². The van der Waals surface area contributed by atoms with Crippen molar-refractivity contribution in [1.82, 2.24) is 9.38 Å². The molecule has 0 radical (unpaired) electrons. The van der Waals surface area contributed by atoms with E-state index in [0.717, 1.165) is 43.0 Å². The second-order valence-corrected chi connectivity index (χ2v) is 7.65. The van der Waals surface area contributed by atoms with E-state index in [4.69, 9.17) is 0 Å². The lowest BCUT2D eigenvalue weighted by Gasteiger charge is -2.09. The average molecular weight is 444 g/mol. The van der Waals surface area contributed by atoms with Crippen LogP contribution in [0.2, 0.25) is 0 Å². The van der Waals surface area contributed by atoms with Gasteiger partial charge in [0.05, 0.1) is 16.4 Å². The van der Waals surface area contributed by atoms with E-state index in [1.165, 1.54) is 12.1 Å². The highest BCUT2D eigenvalue weighted by molar-refractivity contribution is 9.11. The quantitative estimate of drug-likeness (QED) is 0.511. The number of nitrogens with zero attached hydrogens (tertiary/aromatic N) is 2. The van der Waals surface area contributed by atoms with Gasteiger partial charge in [-0.3, -0.25) is 4.40 Å². The molecule has 0 bridgehead atoms. The minimum absolute atomic E-state index is 0.194. The number of hydrogen-bond donors (Lipinski definition) is 0. The molecule has 0 aliphatic heterocycles. The molecular weight excluding hydrogens is 431 g/mol. The number of imidazole rings is 1. The summed E-state index contributed by atoms with van der Waals surface area (Å²) in [6.07, 6.45) is 1.91. The Morgan fingerprint density at radius 1 is 1.14 bits per heavy atom. The van der Waals surface area contributed by atoms with E-state index in [1.807, 2.05) is 24.4 Å². The van der Waals surface area contributed by atoms with Crippen LogP contribution in [0.25, 0.3) is 5.65 Å². The molecule has 0 saturated heterocycles. The van der Waals surface area contributed by atoms with Crippen LogP contribution in [0.5, 0.6) is 0 Å². The highest BCUT2D eigenvalue weighted by Crippen LogP contribution is 2.28. The molecule has 114 valence electrons. The Morgan fingerprint density at radius 2 is 1.86 bits per heavy atom. The zero-order valence-corrected chi connectivity index (χ0v) is 15.8. The largest absolute Gasteiger partial charge is 0.298 e. The number of halogens is 3. The predicted molar refractivity (Wildman–Crippen MR) is 96.7 cm³/mol. The van der Waals surface area contributed by atoms with E-state index in [-0.39, 0.29) is 5.82 Å². The molecule has 2 heterocycles. The van der Waals surface area contributed by atoms with Crippen molar-refractivity contribution in [3.05, 3.63) is 68.2 Å². The molecule has 0 spiro atoms. The molecule has 0 unspecified atom stereocenters. The summed E-state index contributed by atoms with van der Waals surface area (Å²) in [7, 11) is 0. The van der Waals surface area contributed by atoms with Gasteiger partial charge in [-0.25, -0.2) is 9.37 Å². The van der Waals surface area contributed by atoms with E-state index in [0.29, 0.717) is 0 Å². The lowest BCUT2D eigenvalue weighted by atomic mass is 10.2. The second kappa shape index (κ2) is 6.72. The topological polar surface area (TPSA) is 17.3 Å². The molecule has 0 aliphatic rings. The predicted octanol–water partition coefficient (Wildman–Crippen LogP) is 5.74. The van der Waals surface area contributed by atoms with Crippen molar-refractivity contribution in [2.75, 3.05) is 0 Å². The van der Waals surface area contributed by atoms with Gasteiger partial charge in [-0.2, -0.15) is 11.8 Å². The van der Waals surface area contributed by atoms with Crippen LogP contribution in [0.4, 0.5) is 4.39 Å². The Labute approximate surface area is 149 Å². The van der Waals surface area contributed by atoms with Gasteiger partial charge in [0.2, 0.25) is 0 Å². The SMILES string of the molecule is Cc1c(Br)cc(Br)c2ncc(CSCc3ccc(F)cc3)n12. The van der Waals surface area contributed by atoms with Crippen molar-refractivity contribution < 1.29 is 4.39 Å². The third-order valence-electron chi connectivity index (χ3n) is 3.41. The summed E-state index contributed by atoms with van der Waals surface area (Å²) in [6.45, 7) is 2.07. The van der Waals surface area contributed by atoms with E-state index in [2.05, 4.69) is 48.2 Å². The minimum Gasteiger partial charge on any atom is -0.298 e. The molecule has 0 fully saturated rings. The van der Waals surface area contributed by atoms with E-state index >= 15 is 0 Å². The maximum Gasteiger partial charge on any atom is 0.151 e. The fourth-order valence-corrected chi connectivity index (χ4v) is 4.44. The number of fused-ring (bicyclic) bond motifs is 1. The number of thioether (sulfide) groups is 1. The van der Waals surface area contributed by atoms with Gasteiger partial charge in [-0.1, -0.05) is 12.1 Å². The van der Waals surface area contributed by atoms with E-state index in [9.17, 15) is 4.39 Å². The highest BCUT2D eigenvalue weighted by Gasteiger charge is 2.11. The van der Waals surface area contributed by atoms with Crippen LogP contribution in [0.3, 0.4) is 0 Å². The van der Waals surface area contributed by atoms with Crippen molar-refractivity contribution in [3.8, 4) is 0 Å². The zero-order chi connectivity index (χ0) is 15.7. The van der Waals surface area contributed by atoms with Crippen LogP contribution in [-0.4, -0.2) is 9.38 Å². The Kier molecular flexibility index (Phi) is 4.90. The van der Waals surface area contributed by atoms with Crippen LogP contribution >= 0.6 is 43.6 Å². The lowest BCUT2D eigenvalue weighted by Crippen LogP contribution is -1.98. The van der Waals surface area contributed by atoms with Gasteiger partial charge in [0.25, 0.3) is 0 Å². The third kappa shape index (κ3) is 3.24. The van der Waals surface area contributed by atoms with Crippen molar-refractivity contribution in [3.63, 3.8) is 0 Å². The number of hydrogen-bond acceptors (Lipinski definition) is 2. The molecule has 1 aromatic carbocycles. The monoisotopic (exact) mass is 442 g/mol. The van der Waals surface area contributed by atoms with Gasteiger partial charge in [-0.15, -0.1) is 0 Å². The molecule has 0 atom stereocenters. The molecule has 0 N–H and O–H groups in total. The summed E-state index contributed by atoms with van der Waals surface area (Å²) < 4.78 is 17.1. The van der Waals surface area contributed by atoms with Gasteiger partial charge >= 0.3 is 0 Å². The first-order valence-electron chi connectivity index (χ1n) is 6.69. The Bertz CT molecular complexity index is 815. The molecule has 2 aromatic heterocycles. The molecule has 2 nitrogen and oxygen atoms in total. The summed E-state index contributed by atoms with van der Waals surface area (Å²) in [6, 6.07) is 8.68. The molecule has 0 saturated carbocycles. The van der Waals surface area contributed by atoms with Gasteiger partial charge in [0.1, 0.15) is 5.82 Å². The molecule has 3 rings (SSSR count). The molecule has 0 aliphatic carbocycles. The maximum atomic E-state index is 12.9. The second-order valence-electron chi connectivity index (χ2n) is 4.95. The summed E-state index contributed by atoms with van der Waals surface area (Å²) in [5.74, 6) is 1.50. The Morgan fingerprint density at radius 3 is 2.59 bits per heavy atom. The smallest absolute Gasteiger partial charge is 0.151 e. The molecule has 0 amide bonds. The third-order valence-corrected chi connectivity index (χ3v) is 5.84. The maximum absolute atomic E-state index is 12.9. The first kappa shape index (κ1) is 16.0. The number of benzene rings is 1. The molecule has 6 heteroatoms. The number of aromatic nitrogens is 2. The normalized spacial score (nSPS) is 11.3. The highest BCUT2D eigenvalue weighted by atomic mass is 79.9. The number of aryl methyl sites for hydroxylation is 1. The fourth-order valence-electron chi connectivity index (χ4n) is 2.27. The standard InChI is InChI=1S/C16H13Br2FN2S/c1-10-14(17)6-15(18)16-20-7-13(21(10)16)9-22-8-11-2-4-12(19)5-3-11/h2-7H,8-9H2,1H3. The molecular formula is C16H13Br2FN2S. The van der Waals surface area contributed by atoms with Gasteiger partial charge < -0.3 is 0 Å². The van der Waals surface area contributed by atoms with Crippen LogP contribution in [0.15, 0.2) is 45.5 Å². The molecule has 3 aromatic rings. The van der Waals surface area contributed by atoms with Crippen LogP contribution in [0, 0.1) is 12.7 Å². The van der Waals surface area contributed by atoms with Crippen molar-refractivity contribution in [1.29, 1.82) is 0 Å². The van der Waals surface area contributed by atoms with E-state index in [1.54, 1.807) is 11.8 Å². The number of rotatable bonds is 4. The van der Waals surface area contributed by atoms with Crippen LogP contribution < -0.4 is 0 Å². The summed E-state index contributed by atoms with van der Waals surface area (Å²) in [5.41, 5.74) is 4.34. The lowest BCUT2D eigenvalue weighted by molar-refractivity contribution is 0.627. The van der Waals surface area contributed by atoms with Crippen molar-refractivity contribution >= 4 is 49.3 Å².